The predicted molar refractivity (Wildman–Crippen MR) is 186 cm³/mol. The normalized spacial score (nSPS) is 25.6. The molecule has 1 aromatic carbocycles. The Morgan fingerprint density at radius 3 is 2.11 bits per heavy atom. The van der Waals surface area contributed by atoms with Gasteiger partial charge >= 0.3 is 12.1 Å². The first kappa shape index (κ1) is 37.2. The maximum absolute atomic E-state index is 14.1. The molecule has 14 heteroatoms. The quantitative estimate of drug-likeness (QED) is 0.177. The van der Waals surface area contributed by atoms with Crippen molar-refractivity contribution < 1.29 is 47.2 Å². The molecule has 0 radical (unpaired) electrons. The highest BCUT2D eigenvalue weighted by Gasteiger charge is 2.57. The Bertz CT molecular complexity index is 2020. The molecular formula is C39H41FN4O9. The van der Waals surface area contributed by atoms with E-state index in [0.717, 1.165) is 44.6 Å². The number of allylic oxidation sites excluding steroid dienone is 2. The maximum Gasteiger partial charge on any atom is 0.333 e. The fraction of sp³-hybridized carbons (Fsp3) is 0.436. The zero-order chi connectivity index (χ0) is 38.4. The molecule has 2 saturated heterocycles. The number of carbonyl (C=O) groups excluding carboxylic acids is 8. The number of ketones is 2. The highest BCUT2D eigenvalue weighted by atomic mass is 19.1. The van der Waals surface area contributed by atoms with Crippen LogP contribution >= 0.6 is 0 Å². The Morgan fingerprint density at radius 2 is 1.45 bits per heavy atom. The molecule has 0 saturated carbocycles. The lowest BCUT2D eigenvalue weighted by Crippen LogP contribution is -2.65. The second kappa shape index (κ2) is 14.1. The summed E-state index contributed by atoms with van der Waals surface area (Å²) in [5, 5.41) is 0. The van der Waals surface area contributed by atoms with Gasteiger partial charge in [-0.25, -0.2) is 14.0 Å². The third-order valence-corrected chi connectivity index (χ3v) is 11.1. The number of hydrogen-bond acceptors (Lipinski definition) is 9. The van der Waals surface area contributed by atoms with Gasteiger partial charge in [0.05, 0.1) is 19.4 Å². The first-order valence-corrected chi connectivity index (χ1v) is 17.8. The molecule has 278 valence electrons. The van der Waals surface area contributed by atoms with Crippen LogP contribution in [0.5, 0.6) is 0 Å². The van der Waals surface area contributed by atoms with Gasteiger partial charge in [0.25, 0.3) is 11.8 Å². The Morgan fingerprint density at radius 1 is 0.811 bits per heavy atom. The van der Waals surface area contributed by atoms with E-state index in [1.165, 1.54) is 45.4 Å². The van der Waals surface area contributed by atoms with Crippen molar-refractivity contribution in [3.8, 4) is 0 Å². The summed E-state index contributed by atoms with van der Waals surface area (Å²) in [6.45, 7) is 3.11. The molecule has 8 amide bonds. The third kappa shape index (κ3) is 6.23. The monoisotopic (exact) mass is 728 g/mol. The summed E-state index contributed by atoms with van der Waals surface area (Å²) in [5.41, 5.74) is -1.81. The minimum absolute atomic E-state index is 0.0281. The molecule has 0 spiro atoms. The second-order valence-corrected chi connectivity index (χ2v) is 14.3. The number of Topliss-reactive ketones (excluding diaryl/α,β-unsaturated/α-hetero) is 2. The molecule has 2 fully saturated rings. The lowest BCUT2D eigenvalue weighted by atomic mass is 9.70. The topological polar surface area (TPSA) is 163 Å². The van der Waals surface area contributed by atoms with E-state index in [-0.39, 0.29) is 30.2 Å². The van der Waals surface area contributed by atoms with Crippen LogP contribution in [0.2, 0.25) is 0 Å². The van der Waals surface area contributed by atoms with Gasteiger partial charge in [0.1, 0.15) is 16.6 Å². The number of rotatable bonds is 10. The highest BCUT2D eigenvalue weighted by Crippen LogP contribution is 2.45. The minimum Gasteiger partial charge on any atom is -0.461 e. The SMILES string of the molecule is CCN1C(=O)N(CC(=O)c2cccc(F)c2)C(=O)C(C)(C2=CCCC(c3coc(C(=O)CN4C(=O)N(C)C(=O)C(C)(C5=CCCCC5)C4=O)c3)C2)C1=O. The van der Waals surface area contributed by atoms with Crippen molar-refractivity contribution in [3.05, 3.63) is 82.6 Å². The number of furan rings is 1. The molecule has 3 atom stereocenters. The van der Waals surface area contributed by atoms with E-state index in [0.29, 0.717) is 42.4 Å². The number of hydrogen-bond donors (Lipinski definition) is 0. The van der Waals surface area contributed by atoms with E-state index in [9.17, 15) is 42.7 Å². The lowest BCUT2D eigenvalue weighted by Gasteiger charge is -2.44. The van der Waals surface area contributed by atoms with E-state index in [1.54, 1.807) is 13.0 Å². The highest BCUT2D eigenvalue weighted by molar-refractivity contribution is 6.23. The van der Waals surface area contributed by atoms with Crippen molar-refractivity contribution in [2.24, 2.45) is 10.8 Å². The number of amides is 8. The summed E-state index contributed by atoms with van der Waals surface area (Å²) in [7, 11) is 1.29. The number of barbiturate groups is 2. The van der Waals surface area contributed by atoms with Crippen molar-refractivity contribution >= 4 is 47.3 Å². The van der Waals surface area contributed by atoms with Gasteiger partial charge < -0.3 is 4.42 Å². The largest absolute Gasteiger partial charge is 0.461 e. The Balaban J connectivity index is 1.20. The van der Waals surface area contributed by atoms with Gasteiger partial charge in [0.15, 0.2) is 11.5 Å². The van der Waals surface area contributed by atoms with Crippen molar-refractivity contribution in [1.82, 2.24) is 19.6 Å². The maximum atomic E-state index is 14.1. The third-order valence-electron chi connectivity index (χ3n) is 11.1. The fourth-order valence-electron chi connectivity index (χ4n) is 7.83. The number of nitrogens with zero attached hydrogens (tertiary/aromatic N) is 4. The molecule has 6 rings (SSSR count). The van der Waals surface area contributed by atoms with Crippen molar-refractivity contribution in [3.63, 3.8) is 0 Å². The number of benzene rings is 1. The number of urea groups is 2. The molecule has 13 nitrogen and oxygen atoms in total. The molecule has 3 heterocycles. The average Bonchev–Trinajstić information content (AvgIpc) is 3.67. The summed E-state index contributed by atoms with van der Waals surface area (Å²) in [4.78, 5) is 111. The van der Waals surface area contributed by atoms with E-state index in [1.807, 2.05) is 6.08 Å². The predicted octanol–water partition coefficient (Wildman–Crippen LogP) is 5.42. The smallest absolute Gasteiger partial charge is 0.333 e. The van der Waals surface area contributed by atoms with E-state index in [4.69, 9.17) is 4.42 Å². The van der Waals surface area contributed by atoms with Crippen LogP contribution in [0.25, 0.3) is 0 Å². The molecule has 3 unspecified atom stereocenters. The molecule has 53 heavy (non-hydrogen) atoms. The lowest BCUT2D eigenvalue weighted by molar-refractivity contribution is -0.155. The van der Waals surface area contributed by atoms with E-state index in [2.05, 4.69) is 0 Å². The molecule has 4 aliphatic rings. The van der Waals surface area contributed by atoms with Gasteiger partial charge in [-0.05, 0) is 107 Å². The van der Waals surface area contributed by atoms with Gasteiger partial charge in [-0.1, -0.05) is 24.3 Å². The van der Waals surface area contributed by atoms with Crippen molar-refractivity contribution in [2.75, 3.05) is 26.7 Å². The van der Waals surface area contributed by atoms with Crippen LogP contribution in [0.4, 0.5) is 14.0 Å². The number of halogens is 1. The van der Waals surface area contributed by atoms with Crippen LogP contribution in [0, 0.1) is 16.6 Å². The van der Waals surface area contributed by atoms with Gasteiger partial charge in [0, 0.05) is 19.2 Å². The van der Waals surface area contributed by atoms with Crippen LogP contribution in [0.15, 0.2) is 64.3 Å². The van der Waals surface area contributed by atoms with Crippen molar-refractivity contribution in [2.45, 2.75) is 71.6 Å². The summed E-state index contributed by atoms with van der Waals surface area (Å²) < 4.78 is 19.5. The zero-order valence-electron chi connectivity index (χ0n) is 30.1. The van der Waals surface area contributed by atoms with Gasteiger partial charge in [-0.3, -0.25) is 48.4 Å². The van der Waals surface area contributed by atoms with Crippen molar-refractivity contribution in [1.29, 1.82) is 0 Å². The summed E-state index contributed by atoms with van der Waals surface area (Å²) in [6, 6.07) is 4.55. The standard InChI is InChI=1S/C39H41FN4O9/c1-5-42-33(48)39(3,35(50)44(37(42)52)20-29(45)24-12-10-16-28(40)18-24)27-15-9-11-23(17-27)25-19-31(53-22-25)30(46)21-43-34(49)38(2,26-13-7-6-8-14-26)32(47)41(4)36(43)51/h10,12-13,15-16,18-19,22-23H,5-9,11,14,17,20-21H2,1-4H3. The average molecular weight is 729 g/mol. The van der Waals surface area contributed by atoms with Crippen LogP contribution < -0.4 is 0 Å². The van der Waals surface area contributed by atoms with Crippen LogP contribution in [-0.2, 0) is 19.2 Å². The number of carbonyl (C=O) groups is 8. The summed E-state index contributed by atoms with van der Waals surface area (Å²) >= 11 is 0. The first-order chi connectivity index (χ1) is 25.1. The molecule has 2 aliphatic carbocycles. The van der Waals surface area contributed by atoms with Gasteiger partial charge in [-0.15, -0.1) is 0 Å². The van der Waals surface area contributed by atoms with Crippen LogP contribution in [0.1, 0.15) is 98.1 Å². The van der Waals surface area contributed by atoms with Crippen LogP contribution in [-0.4, -0.2) is 93.5 Å². The Kier molecular flexibility index (Phi) is 9.92. The summed E-state index contributed by atoms with van der Waals surface area (Å²) in [5.74, 6) is -5.42. The molecule has 1 aromatic heterocycles. The summed E-state index contributed by atoms with van der Waals surface area (Å²) in [6.07, 6.45) is 9.19. The second-order valence-electron chi connectivity index (χ2n) is 14.3. The zero-order valence-corrected chi connectivity index (χ0v) is 30.1. The Hall–Kier alpha value is -5.53. The van der Waals surface area contributed by atoms with Gasteiger partial charge in [0.2, 0.25) is 17.6 Å². The van der Waals surface area contributed by atoms with E-state index < -0.39 is 77.0 Å². The molecule has 0 N–H and O–H groups in total. The first-order valence-electron chi connectivity index (χ1n) is 17.8. The fourth-order valence-corrected chi connectivity index (χ4v) is 7.83. The Labute approximate surface area is 305 Å². The molecule has 2 aliphatic heterocycles. The molecule has 2 aromatic rings. The molecule has 0 bridgehead atoms. The molecular weight excluding hydrogens is 687 g/mol. The van der Waals surface area contributed by atoms with Crippen LogP contribution in [0.3, 0.4) is 0 Å². The minimum atomic E-state index is -1.83. The van der Waals surface area contributed by atoms with Gasteiger partial charge in [-0.2, -0.15) is 0 Å². The van der Waals surface area contributed by atoms with E-state index >= 15 is 0 Å². The number of imide groups is 4.